The van der Waals surface area contributed by atoms with Crippen LogP contribution in [0.2, 0.25) is 5.02 Å². The van der Waals surface area contributed by atoms with Gasteiger partial charge in [0.1, 0.15) is 12.4 Å². The van der Waals surface area contributed by atoms with Gasteiger partial charge in [0.2, 0.25) is 0 Å². The second-order valence-corrected chi connectivity index (χ2v) is 9.31. The lowest BCUT2D eigenvalue weighted by Gasteiger charge is -2.23. The Morgan fingerprint density at radius 1 is 1.03 bits per heavy atom. The molecule has 0 radical (unpaired) electrons. The molecule has 0 atom stereocenters. The molecule has 0 aromatic heterocycles. The Balaban J connectivity index is 1.52. The molecular formula is C28H30ClN3O3. The molecular weight excluding hydrogens is 462 g/mol. The summed E-state index contributed by atoms with van der Waals surface area (Å²) in [6, 6.07) is 19.9. The van der Waals surface area contributed by atoms with E-state index in [9.17, 15) is 9.59 Å². The molecule has 4 rings (SSSR count). The molecule has 3 aromatic rings. The fourth-order valence-corrected chi connectivity index (χ4v) is 4.33. The van der Waals surface area contributed by atoms with Crippen molar-refractivity contribution in [3.8, 4) is 5.75 Å². The number of amides is 2. The summed E-state index contributed by atoms with van der Waals surface area (Å²) in [5, 5.41) is 3.59. The Kier molecular flexibility index (Phi) is 8.06. The van der Waals surface area contributed by atoms with Crippen molar-refractivity contribution in [2.75, 3.05) is 44.0 Å². The lowest BCUT2D eigenvalue weighted by atomic mass is 10.1. The van der Waals surface area contributed by atoms with E-state index < -0.39 is 0 Å². The van der Waals surface area contributed by atoms with E-state index in [1.54, 1.807) is 42.5 Å². The average molecular weight is 492 g/mol. The second kappa shape index (κ2) is 11.4. The van der Waals surface area contributed by atoms with E-state index in [-0.39, 0.29) is 11.8 Å². The maximum Gasteiger partial charge on any atom is 0.259 e. The number of rotatable bonds is 7. The van der Waals surface area contributed by atoms with Gasteiger partial charge in [-0.25, -0.2) is 0 Å². The van der Waals surface area contributed by atoms with Crippen molar-refractivity contribution in [2.45, 2.75) is 19.3 Å². The van der Waals surface area contributed by atoms with Crippen molar-refractivity contribution < 1.29 is 14.3 Å². The van der Waals surface area contributed by atoms with Crippen LogP contribution >= 0.6 is 11.6 Å². The average Bonchev–Trinajstić information content (AvgIpc) is 3.05. The molecule has 0 aliphatic carbocycles. The number of nitrogens with one attached hydrogen (secondary N) is 1. The first-order chi connectivity index (χ1) is 16.9. The number of likely N-dealkylation sites (N-methyl/N-ethyl adjacent to an activating group) is 1. The number of hydrogen-bond acceptors (Lipinski definition) is 4. The van der Waals surface area contributed by atoms with Gasteiger partial charge in [0.25, 0.3) is 11.8 Å². The lowest BCUT2D eigenvalue weighted by Crippen LogP contribution is -2.31. The van der Waals surface area contributed by atoms with E-state index >= 15 is 0 Å². The minimum atomic E-state index is -0.287. The summed E-state index contributed by atoms with van der Waals surface area (Å²) in [6.07, 6.45) is 2.81. The largest absolute Gasteiger partial charge is 0.491 e. The van der Waals surface area contributed by atoms with Crippen LogP contribution in [0.25, 0.3) is 0 Å². The Morgan fingerprint density at radius 3 is 2.69 bits per heavy atom. The maximum absolute atomic E-state index is 13.5. The first-order valence-corrected chi connectivity index (χ1v) is 12.2. The first-order valence-electron chi connectivity index (χ1n) is 11.8. The van der Waals surface area contributed by atoms with Gasteiger partial charge in [-0.05, 0) is 87.5 Å². The third-order valence-corrected chi connectivity index (χ3v) is 6.19. The smallest absolute Gasteiger partial charge is 0.259 e. The Morgan fingerprint density at radius 2 is 1.86 bits per heavy atom. The number of hydrogen-bond donors (Lipinski definition) is 1. The van der Waals surface area contributed by atoms with Crippen LogP contribution in [0.15, 0.2) is 66.7 Å². The van der Waals surface area contributed by atoms with Crippen molar-refractivity contribution in [1.82, 2.24) is 4.90 Å². The van der Waals surface area contributed by atoms with Gasteiger partial charge < -0.3 is 19.9 Å². The van der Waals surface area contributed by atoms with Gasteiger partial charge in [-0.2, -0.15) is 0 Å². The zero-order chi connectivity index (χ0) is 24.8. The molecule has 2 amide bonds. The van der Waals surface area contributed by atoms with Crippen molar-refractivity contribution in [1.29, 1.82) is 0 Å². The molecule has 1 aliphatic heterocycles. The van der Waals surface area contributed by atoms with Crippen LogP contribution in [0.4, 0.5) is 11.4 Å². The third kappa shape index (κ3) is 6.21. The Labute approximate surface area is 211 Å². The molecule has 1 N–H and O–H groups in total. The van der Waals surface area contributed by atoms with Crippen LogP contribution in [-0.4, -0.2) is 50.5 Å². The molecule has 1 heterocycles. The van der Waals surface area contributed by atoms with E-state index in [0.717, 1.165) is 37.1 Å². The molecule has 182 valence electrons. The van der Waals surface area contributed by atoms with E-state index in [4.69, 9.17) is 16.3 Å². The summed E-state index contributed by atoms with van der Waals surface area (Å²) < 4.78 is 5.83. The fraction of sp³-hybridized carbons (Fsp3) is 0.286. The quantitative estimate of drug-likeness (QED) is 0.473. The summed E-state index contributed by atoms with van der Waals surface area (Å²) in [5.41, 5.74) is 3.49. The van der Waals surface area contributed by atoms with Crippen LogP contribution in [0, 0.1) is 0 Å². The van der Waals surface area contributed by atoms with Gasteiger partial charge in [-0.15, -0.1) is 0 Å². The number of halogens is 1. The number of aryl methyl sites for hydroxylation is 1. The number of benzene rings is 3. The minimum absolute atomic E-state index is 0.0982. The van der Waals surface area contributed by atoms with Crippen molar-refractivity contribution >= 4 is 34.8 Å². The van der Waals surface area contributed by atoms with Crippen molar-refractivity contribution in [3.63, 3.8) is 0 Å². The Bertz CT molecular complexity index is 1210. The van der Waals surface area contributed by atoms with E-state index in [2.05, 4.69) is 5.32 Å². The molecule has 35 heavy (non-hydrogen) atoms. The molecule has 0 unspecified atom stereocenters. The standard InChI is InChI=1S/C28H30ClN3O3/c1-31(2)16-17-35-26-12-4-3-11-24(26)27(33)30-23-10-7-9-21(19-23)28(34)32-15-6-5-8-20-18-22(29)13-14-25(20)32/h3-4,7,9-14,18-19H,5-6,8,15-17H2,1-2H3,(H,30,33). The summed E-state index contributed by atoms with van der Waals surface area (Å²) >= 11 is 6.19. The highest BCUT2D eigenvalue weighted by atomic mass is 35.5. The van der Waals surface area contributed by atoms with E-state index in [1.165, 1.54) is 0 Å². The number of para-hydroxylation sites is 1. The van der Waals surface area contributed by atoms with Crippen LogP contribution < -0.4 is 15.0 Å². The molecule has 0 saturated carbocycles. The Hall–Kier alpha value is -3.35. The number of fused-ring (bicyclic) bond motifs is 1. The molecule has 0 fully saturated rings. The molecule has 0 bridgehead atoms. The highest BCUT2D eigenvalue weighted by molar-refractivity contribution is 6.30. The zero-order valence-electron chi connectivity index (χ0n) is 20.1. The highest BCUT2D eigenvalue weighted by Crippen LogP contribution is 2.30. The molecule has 1 aliphatic rings. The van der Waals surface area contributed by atoms with Gasteiger partial charge in [-0.1, -0.05) is 29.8 Å². The van der Waals surface area contributed by atoms with Gasteiger partial charge in [0.15, 0.2) is 0 Å². The number of carbonyl (C=O) groups is 2. The highest BCUT2D eigenvalue weighted by Gasteiger charge is 2.23. The molecule has 3 aromatic carbocycles. The second-order valence-electron chi connectivity index (χ2n) is 8.87. The molecule has 7 heteroatoms. The number of anilines is 2. The predicted molar refractivity (Wildman–Crippen MR) is 141 cm³/mol. The van der Waals surface area contributed by atoms with Crippen LogP contribution in [0.1, 0.15) is 39.1 Å². The van der Waals surface area contributed by atoms with Crippen LogP contribution in [0.5, 0.6) is 5.75 Å². The number of nitrogens with zero attached hydrogens (tertiary/aromatic N) is 2. The zero-order valence-corrected chi connectivity index (χ0v) is 20.8. The monoisotopic (exact) mass is 491 g/mol. The van der Waals surface area contributed by atoms with Crippen molar-refractivity contribution in [3.05, 3.63) is 88.4 Å². The van der Waals surface area contributed by atoms with Crippen LogP contribution in [-0.2, 0) is 6.42 Å². The van der Waals surface area contributed by atoms with Gasteiger partial charge >= 0.3 is 0 Å². The van der Waals surface area contributed by atoms with E-state index in [1.807, 2.05) is 48.2 Å². The third-order valence-electron chi connectivity index (χ3n) is 5.95. The number of carbonyl (C=O) groups excluding carboxylic acids is 2. The SMILES string of the molecule is CN(C)CCOc1ccccc1C(=O)Nc1cccc(C(=O)N2CCCCc3cc(Cl)ccc32)c1. The van der Waals surface area contributed by atoms with Crippen LogP contribution in [0.3, 0.4) is 0 Å². The molecule has 0 saturated heterocycles. The topological polar surface area (TPSA) is 61.9 Å². The van der Waals surface area contributed by atoms with Crippen molar-refractivity contribution in [2.24, 2.45) is 0 Å². The summed E-state index contributed by atoms with van der Waals surface area (Å²) in [6.45, 7) is 1.86. The summed E-state index contributed by atoms with van der Waals surface area (Å²) in [7, 11) is 3.94. The first kappa shape index (κ1) is 24.8. The van der Waals surface area contributed by atoms with Gasteiger partial charge in [0.05, 0.1) is 5.56 Å². The fourth-order valence-electron chi connectivity index (χ4n) is 4.14. The lowest BCUT2D eigenvalue weighted by molar-refractivity contribution is 0.0984. The van der Waals surface area contributed by atoms with Gasteiger partial charge in [-0.3, -0.25) is 9.59 Å². The minimum Gasteiger partial charge on any atom is -0.491 e. The van der Waals surface area contributed by atoms with Gasteiger partial charge in [0, 0.05) is 35.1 Å². The molecule has 6 nitrogen and oxygen atoms in total. The normalized spacial score (nSPS) is 13.2. The maximum atomic E-state index is 13.5. The van der Waals surface area contributed by atoms with E-state index in [0.29, 0.717) is 40.7 Å². The summed E-state index contributed by atoms with van der Waals surface area (Å²) in [4.78, 5) is 30.4. The summed E-state index contributed by atoms with van der Waals surface area (Å²) in [5.74, 6) is 0.141. The predicted octanol–water partition coefficient (Wildman–Crippen LogP) is 5.52. The number of ether oxygens (including phenoxy) is 1. The molecule has 0 spiro atoms.